The number of rotatable bonds is 9. The first-order valence-corrected chi connectivity index (χ1v) is 7.84. The summed E-state index contributed by atoms with van der Waals surface area (Å²) in [6.07, 6.45) is 3.61. The SMILES string of the molecule is CCCNCc1nnc(NCCC(C)S(C)=O)o1. The van der Waals surface area contributed by atoms with E-state index in [1.807, 2.05) is 6.92 Å². The molecule has 0 radical (unpaired) electrons. The summed E-state index contributed by atoms with van der Waals surface area (Å²) >= 11 is 0. The maximum Gasteiger partial charge on any atom is 0.315 e. The van der Waals surface area contributed by atoms with Gasteiger partial charge in [0.15, 0.2) is 0 Å². The lowest BCUT2D eigenvalue weighted by molar-refractivity contribution is 0.476. The van der Waals surface area contributed by atoms with Crippen molar-refractivity contribution in [1.82, 2.24) is 15.5 Å². The molecule has 0 aliphatic rings. The molecule has 7 heteroatoms. The Hall–Kier alpha value is -0.950. The summed E-state index contributed by atoms with van der Waals surface area (Å²) in [5.74, 6) is 0.582. The van der Waals surface area contributed by atoms with Crippen LogP contribution in [0, 0.1) is 0 Å². The second kappa shape index (κ2) is 8.20. The highest BCUT2D eigenvalue weighted by molar-refractivity contribution is 7.84. The van der Waals surface area contributed by atoms with Crippen molar-refractivity contribution in [2.45, 2.75) is 38.5 Å². The van der Waals surface area contributed by atoms with Crippen LogP contribution in [0.25, 0.3) is 0 Å². The fourth-order valence-electron chi connectivity index (χ4n) is 1.32. The van der Waals surface area contributed by atoms with Gasteiger partial charge >= 0.3 is 6.01 Å². The molecule has 0 aromatic carbocycles. The Labute approximate surface area is 110 Å². The normalized spacial score (nSPS) is 14.4. The topological polar surface area (TPSA) is 80.0 Å². The van der Waals surface area contributed by atoms with Crippen LogP contribution in [0.2, 0.25) is 0 Å². The van der Waals surface area contributed by atoms with Gasteiger partial charge in [0.2, 0.25) is 5.89 Å². The van der Waals surface area contributed by atoms with E-state index in [4.69, 9.17) is 4.42 Å². The monoisotopic (exact) mass is 274 g/mol. The van der Waals surface area contributed by atoms with E-state index in [-0.39, 0.29) is 5.25 Å². The fraction of sp³-hybridized carbons (Fsp3) is 0.818. The predicted molar refractivity (Wildman–Crippen MR) is 72.9 cm³/mol. The first kappa shape index (κ1) is 15.1. The van der Waals surface area contributed by atoms with E-state index < -0.39 is 10.8 Å². The molecule has 1 aromatic heterocycles. The Morgan fingerprint density at radius 1 is 1.39 bits per heavy atom. The molecule has 2 atom stereocenters. The van der Waals surface area contributed by atoms with Crippen LogP contribution in [-0.4, -0.2) is 39.0 Å². The molecule has 0 amide bonds. The van der Waals surface area contributed by atoms with Gasteiger partial charge in [-0.25, -0.2) is 0 Å². The van der Waals surface area contributed by atoms with Crippen molar-refractivity contribution in [3.05, 3.63) is 5.89 Å². The molecule has 0 saturated carbocycles. The van der Waals surface area contributed by atoms with Crippen molar-refractivity contribution in [1.29, 1.82) is 0 Å². The second-order valence-corrected chi connectivity index (χ2v) is 6.00. The molecule has 2 unspecified atom stereocenters. The molecule has 1 aromatic rings. The van der Waals surface area contributed by atoms with Crippen LogP contribution in [-0.2, 0) is 17.3 Å². The zero-order chi connectivity index (χ0) is 13.4. The second-order valence-electron chi connectivity index (χ2n) is 4.20. The smallest absolute Gasteiger partial charge is 0.315 e. The van der Waals surface area contributed by atoms with Gasteiger partial charge in [-0.3, -0.25) is 4.21 Å². The van der Waals surface area contributed by atoms with Crippen LogP contribution in [0.4, 0.5) is 6.01 Å². The maximum absolute atomic E-state index is 11.2. The number of nitrogens with zero attached hydrogens (tertiary/aromatic N) is 2. The third-order valence-corrected chi connectivity index (χ3v) is 3.93. The molecule has 0 aliphatic carbocycles. The fourth-order valence-corrected chi connectivity index (χ4v) is 1.77. The van der Waals surface area contributed by atoms with Crippen molar-refractivity contribution in [3.8, 4) is 0 Å². The molecule has 6 nitrogen and oxygen atoms in total. The van der Waals surface area contributed by atoms with Gasteiger partial charge in [-0.2, -0.15) is 0 Å². The molecule has 0 aliphatic heterocycles. The van der Waals surface area contributed by atoms with E-state index in [0.29, 0.717) is 25.0 Å². The zero-order valence-corrected chi connectivity index (χ0v) is 12.0. The van der Waals surface area contributed by atoms with Crippen LogP contribution in [0.3, 0.4) is 0 Å². The largest absolute Gasteiger partial charge is 0.407 e. The van der Waals surface area contributed by atoms with E-state index in [1.165, 1.54) is 0 Å². The van der Waals surface area contributed by atoms with E-state index >= 15 is 0 Å². The maximum atomic E-state index is 11.2. The Morgan fingerprint density at radius 2 is 2.17 bits per heavy atom. The van der Waals surface area contributed by atoms with Crippen molar-refractivity contribution in [3.63, 3.8) is 0 Å². The zero-order valence-electron chi connectivity index (χ0n) is 11.2. The minimum absolute atomic E-state index is 0.172. The third-order valence-electron chi connectivity index (χ3n) is 2.56. The highest BCUT2D eigenvalue weighted by Gasteiger charge is 2.08. The molecule has 2 N–H and O–H groups in total. The Kier molecular flexibility index (Phi) is 6.89. The standard InChI is InChI=1S/C11H22N4O2S/c1-4-6-12-8-10-14-15-11(17-10)13-7-5-9(2)18(3)16/h9,12H,4-8H2,1-3H3,(H,13,15). The van der Waals surface area contributed by atoms with Gasteiger partial charge in [0.1, 0.15) is 0 Å². The summed E-state index contributed by atoms with van der Waals surface area (Å²) in [5, 5.41) is 14.2. The van der Waals surface area contributed by atoms with E-state index in [1.54, 1.807) is 6.26 Å². The summed E-state index contributed by atoms with van der Waals surface area (Å²) in [6.45, 7) is 6.28. The lowest BCUT2D eigenvalue weighted by Crippen LogP contribution is -2.15. The third kappa shape index (κ3) is 5.59. The van der Waals surface area contributed by atoms with Gasteiger partial charge in [-0.05, 0) is 19.4 Å². The first-order chi connectivity index (χ1) is 8.63. The number of hydrogen-bond donors (Lipinski definition) is 2. The molecule has 0 bridgehead atoms. The average Bonchev–Trinajstić information content (AvgIpc) is 2.77. The minimum atomic E-state index is -0.785. The van der Waals surface area contributed by atoms with Gasteiger partial charge in [-0.15, -0.1) is 5.10 Å². The number of hydrogen-bond acceptors (Lipinski definition) is 6. The van der Waals surface area contributed by atoms with Gasteiger partial charge < -0.3 is 15.1 Å². The average molecular weight is 274 g/mol. The van der Waals surface area contributed by atoms with Gasteiger partial charge in [-0.1, -0.05) is 18.9 Å². The van der Waals surface area contributed by atoms with E-state index in [0.717, 1.165) is 19.4 Å². The van der Waals surface area contributed by atoms with E-state index in [9.17, 15) is 4.21 Å². The summed E-state index contributed by atoms with van der Waals surface area (Å²) in [6, 6.07) is 0.428. The summed E-state index contributed by atoms with van der Waals surface area (Å²) in [4.78, 5) is 0. The molecule has 1 heterocycles. The highest BCUT2D eigenvalue weighted by Crippen LogP contribution is 2.06. The van der Waals surface area contributed by atoms with Gasteiger partial charge in [0, 0.05) is 28.9 Å². The van der Waals surface area contributed by atoms with Crippen molar-refractivity contribution in [2.24, 2.45) is 0 Å². The van der Waals surface area contributed by atoms with Crippen LogP contribution in [0.15, 0.2) is 4.42 Å². The molecular weight excluding hydrogens is 252 g/mol. The Bertz CT molecular complexity index is 370. The molecule has 104 valence electrons. The number of aromatic nitrogens is 2. The van der Waals surface area contributed by atoms with Crippen molar-refractivity contribution in [2.75, 3.05) is 24.7 Å². The van der Waals surface area contributed by atoms with Crippen molar-refractivity contribution >= 4 is 16.8 Å². The van der Waals surface area contributed by atoms with Crippen LogP contribution in [0.5, 0.6) is 0 Å². The summed E-state index contributed by atoms with van der Waals surface area (Å²) < 4.78 is 16.6. The molecule has 0 saturated heterocycles. The molecule has 1 rings (SSSR count). The predicted octanol–water partition coefficient (Wildman–Crippen LogP) is 1.14. The molecule has 0 spiro atoms. The number of anilines is 1. The summed E-state index contributed by atoms with van der Waals surface area (Å²) in [7, 11) is -0.785. The lowest BCUT2D eigenvalue weighted by atomic mass is 10.3. The van der Waals surface area contributed by atoms with Gasteiger partial charge in [0.05, 0.1) is 6.54 Å². The highest BCUT2D eigenvalue weighted by atomic mass is 32.2. The summed E-state index contributed by atoms with van der Waals surface area (Å²) in [5.41, 5.74) is 0. The van der Waals surface area contributed by atoms with E-state index in [2.05, 4.69) is 27.8 Å². The Balaban J connectivity index is 2.24. The number of nitrogens with one attached hydrogen (secondary N) is 2. The van der Waals surface area contributed by atoms with Crippen LogP contribution in [0.1, 0.15) is 32.6 Å². The van der Waals surface area contributed by atoms with Gasteiger partial charge in [0.25, 0.3) is 0 Å². The molecule has 0 fully saturated rings. The van der Waals surface area contributed by atoms with Crippen LogP contribution >= 0.6 is 0 Å². The van der Waals surface area contributed by atoms with Crippen LogP contribution < -0.4 is 10.6 Å². The van der Waals surface area contributed by atoms with Crippen molar-refractivity contribution < 1.29 is 8.63 Å². The molecular formula is C11H22N4O2S. The lowest BCUT2D eigenvalue weighted by Gasteiger charge is -2.07. The molecule has 18 heavy (non-hydrogen) atoms. The quantitative estimate of drug-likeness (QED) is 0.657. The first-order valence-electron chi connectivity index (χ1n) is 6.22. The Morgan fingerprint density at radius 3 is 2.83 bits per heavy atom. The minimum Gasteiger partial charge on any atom is -0.407 e.